The summed E-state index contributed by atoms with van der Waals surface area (Å²) < 4.78 is 28.3. The van der Waals surface area contributed by atoms with Gasteiger partial charge in [0.1, 0.15) is 11.9 Å². The number of pyridine rings is 2. The van der Waals surface area contributed by atoms with Crippen LogP contribution in [0.2, 0.25) is 0 Å². The molecule has 0 radical (unpaired) electrons. The Bertz CT molecular complexity index is 1090. The molecule has 1 N–H and O–H groups in total. The molecule has 8 heteroatoms. The van der Waals surface area contributed by atoms with Gasteiger partial charge in [0, 0.05) is 36.6 Å². The molecule has 1 aliphatic heterocycles. The number of rotatable bonds is 3. The number of fused-ring (bicyclic) bond motifs is 2. The van der Waals surface area contributed by atoms with Crippen LogP contribution in [-0.2, 0) is 6.42 Å². The fraction of sp³-hybridized carbons (Fsp3) is 0.211. The highest BCUT2D eigenvalue weighted by atomic mass is 19.3. The average molecular weight is 366 g/mol. The van der Waals surface area contributed by atoms with Crippen LogP contribution in [0.15, 0.2) is 55.1 Å². The smallest absolute Gasteiger partial charge is 0.265 e. The van der Waals surface area contributed by atoms with Gasteiger partial charge in [-0.1, -0.05) is 6.07 Å². The third-order valence-electron chi connectivity index (χ3n) is 4.94. The zero-order valence-corrected chi connectivity index (χ0v) is 14.3. The first-order valence-electron chi connectivity index (χ1n) is 8.68. The second-order valence-electron chi connectivity index (χ2n) is 6.46. The molecule has 4 aromatic rings. The summed E-state index contributed by atoms with van der Waals surface area (Å²) in [5.41, 5.74) is 2.94. The van der Waals surface area contributed by atoms with Crippen molar-refractivity contribution >= 4 is 11.3 Å². The molecular weight excluding hydrogens is 350 g/mol. The van der Waals surface area contributed by atoms with Gasteiger partial charge in [-0.3, -0.25) is 0 Å². The largest absolute Gasteiger partial charge is 0.348 e. The van der Waals surface area contributed by atoms with Gasteiger partial charge in [-0.25, -0.2) is 23.3 Å². The summed E-state index contributed by atoms with van der Waals surface area (Å²) in [4.78, 5) is 14.3. The predicted molar refractivity (Wildman–Crippen MR) is 95.9 cm³/mol. The molecule has 0 saturated heterocycles. The van der Waals surface area contributed by atoms with E-state index in [1.165, 1.54) is 10.6 Å². The van der Waals surface area contributed by atoms with Crippen molar-refractivity contribution in [1.82, 2.24) is 24.6 Å². The van der Waals surface area contributed by atoms with Crippen molar-refractivity contribution in [1.29, 1.82) is 0 Å². The Morgan fingerprint density at radius 1 is 1.15 bits per heavy atom. The molecule has 5 heterocycles. The summed E-state index contributed by atoms with van der Waals surface area (Å²) in [6, 6.07) is 10.2. The lowest BCUT2D eigenvalue weighted by atomic mass is 9.99. The third-order valence-corrected chi connectivity index (χ3v) is 4.94. The maximum Gasteiger partial charge on any atom is 0.265 e. The lowest BCUT2D eigenvalue weighted by Gasteiger charge is -2.34. The van der Waals surface area contributed by atoms with Crippen molar-refractivity contribution in [3.8, 4) is 0 Å². The van der Waals surface area contributed by atoms with Crippen molar-refractivity contribution in [2.45, 2.75) is 18.9 Å². The summed E-state index contributed by atoms with van der Waals surface area (Å²) >= 11 is 0. The Labute approximate surface area is 153 Å². The fourth-order valence-electron chi connectivity index (χ4n) is 3.72. The number of aromatic nitrogens is 5. The maximum atomic E-state index is 13.4. The van der Waals surface area contributed by atoms with Gasteiger partial charge in [-0.2, -0.15) is 5.10 Å². The number of hydrogen-bond donors (Lipinski definition) is 1. The molecule has 0 spiro atoms. The van der Waals surface area contributed by atoms with Crippen molar-refractivity contribution in [3.63, 3.8) is 0 Å². The lowest BCUT2D eigenvalue weighted by Crippen LogP contribution is -2.37. The van der Waals surface area contributed by atoms with Crippen molar-refractivity contribution < 1.29 is 8.78 Å². The van der Waals surface area contributed by atoms with Crippen LogP contribution in [-0.4, -0.2) is 31.1 Å². The number of anilines is 1. The second-order valence-corrected chi connectivity index (χ2v) is 6.46. The molecule has 4 aromatic heterocycles. The first-order valence-corrected chi connectivity index (χ1v) is 8.68. The highest BCUT2D eigenvalue weighted by Crippen LogP contribution is 2.36. The van der Waals surface area contributed by atoms with Crippen LogP contribution in [0.3, 0.4) is 0 Å². The molecule has 5 rings (SSSR count). The van der Waals surface area contributed by atoms with Crippen LogP contribution in [0.5, 0.6) is 0 Å². The Balaban J connectivity index is 1.68. The van der Waals surface area contributed by atoms with Crippen molar-refractivity contribution in [3.05, 3.63) is 77.8 Å². The highest BCUT2D eigenvalue weighted by molar-refractivity contribution is 5.58. The number of aromatic amines is 1. The second kappa shape index (κ2) is 6.15. The van der Waals surface area contributed by atoms with Crippen molar-refractivity contribution in [2.24, 2.45) is 0 Å². The zero-order valence-electron chi connectivity index (χ0n) is 14.3. The van der Waals surface area contributed by atoms with E-state index in [0.717, 1.165) is 30.2 Å². The topological polar surface area (TPSA) is 62.1 Å². The van der Waals surface area contributed by atoms with Crippen LogP contribution in [0.25, 0.3) is 5.52 Å². The molecule has 27 heavy (non-hydrogen) atoms. The van der Waals surface area contributed by atoms with E-state index in [4.69, 9.17) is 0 Å². The predicted octanol–water partition coefficient (Wildman–Crippen LogP) is 3.54. The summed E-state index contributed by atoms with van der Waals surface area (Å²) in [6.45, 7) is 0.729. The molecule has 0 aromatic carbocycles. The molecule has 0 amide bonds. The molecule has 0 aliphatic carbocycles. The number of H-pyrrole nitrogens is 1. The van der Waals surface area contributed by atoms with E-state index in [9.17, 15) is 8.78 Å². The number of imidazole rings is 1. The van der Waals surface area contributed by atoms with Crippen LogP contribution in [0.4, 0.5) is 14.6 Å². The fourth-order valence-corrected chi connectivity index (χ4v) is 3.72. The van der Waals surface area contributed by atoms with Gasteiger partial charge >= 0.3 is 0 Å². The van der Waals surface area contributed by atoms with Gasteiger partial charge in [0.05, 0.1) is 23.2 Å². The molecule has 0 bridgehead atoms. The van der Waals surface area contributed by atoms with E-state index >= 15 is 0 Å². The number of nitrogens with zero attached hydrogens (tertiary/aromatic N) is 5. The van der Waals surface area contributed by atoms with Crippen LogP contribution >= 0.6 is 0 Å². The third kappa shape index (κ3) is 2.56. The van der Waals surface area contributed by atoms with Gasteiger partial charge in [-0.15, -0.1) is 0 Å². The van der Waals surface area contributed by atoms with Gasteiger partial charge < -0.3 is 9.88 Å². The standard InChI is InChI=1S/C19H16F2N6/c20-19(21)12-4-3-8-27-15(12)10-14(25-27)18-17-13(23-11-24-17)6-9-26(18)16-5-1-2-7-22-16/h1-5,7-8,10-11,18-19H,6,9H2,(H,23,24). The monoisotopic (exact) mass is 366 g/mol. The first-order chi connectivity index (χ1) is 13.2. The summed E-state index contributed by atoms with van der Waals surface area (Å²) in [5, 5.41) is 4.59. The average Bonchev–Trinajstić information content (AvgIpc) is 3.34. The molecule has 136 valence electrons. The summed E-state index contributed by atoms with van der Waals surface area (Å²) in [5.74, 6) is 0.808. The Kier molecular flexibility index (Phi) is 3.63. The number of halogens is 2. The van der Waals surface area contributed by atoms with E-state index in [1.54, 1.807) is 30.9 Å². The molecule has 0 saturated carbocycles. The molecule has 1 aliphatic rings. The van der Waals surface area contributed by atoms with Gasteiger partial charge in [0.25, 0.3) is 6.43 Å². The Morgan fingerprint density at radius 2 is 2.07 bits per heavy atom. The molecule has 0 fully saturated rings. The molecule has 1 atom stereocenters. The van der Waals surface area contributed by atoms with E-state index in [2.05, 4.69) is 25.0 Å². The van der Waals surface area contributed by atoms with Crippen LogP contribution in [0, 0.1) is 0 Å². The first kappa shape index (κ1) is 15.9. The normalized spacial score (nSPS) is 16.9. The number of hydrogen-bond acceptors (Lipinski definition) is 4. The minimum atomic E-state index is -2.56. The summed E-state index contributed by atoms with van der Waals surface area (Å²) in [6.07, 6.45) is 3.34. The number of alkyl halides is 2. The van der Waals surface area contributed by atoms with Gasteiger partial charge in [0.2, 0.25) is 0 Å². The Morgan fingerprint density at radius 3 is 2.89 bits per heavy atom. The van der Waals surface area contributed by atoms with Gasteiger partial charge in [0.15, 0.2) is 0 Å². The van der Waals surface area contributed by atoms with E-state index in [-0.39, 0.29) is 11.6 Å². The Hall–Kier alpha value is -3.29. The maximum absolute atomic E-state index is 13.4. The SMILES string of the molecule is FC(F)c1cccn2nc(C3c4nc[nH]c4CCN3c3ccccn3)cc12. The minimum Gasteiger partial charge on any atom is -0.348 e. The van der Waals surface area contributed by atoms with Crippen LogP contribution < -0.4 is 4.90 Å². The van der Waals surface area contributed by atoms with Crippen molar-refractivity contribution in [2.75, 3.05) is 11.4 Å². The van der Waals surface area contributed by atoms with E-state index in [1.807, 2.05) is 18.2 Å². The number of nitrogens with one attached hydrogen (secondary N) is 1. The minimum absolute atomic E-state index is 0.0290. The molecule has 1 unspecified atom stereocenters. The zero-order chi connectivity index (χ0) is 18.4. The van der Waals surface area contributed by atoms with E-state index in [0.29, 0.717) is 11.2 Å². The molecule has 6 nitrogen and oxygen atoms in total. The lowest BCUT2D eigenvalue weighted by molar-refractivity contribution is 0.152. The quantitative estimate of drug-likeness (QED) is 0.602. The van der Waals surface area contributed by atoms with Crippen LogP contribution in [0.1, 0.15) is 35.1 Å². The van der Waals surface area contributed by atoms with E-state index < -0.39 is 6.43 Å². The summed E-state index contributed by atoms with van der Waals surface area (Å²) in [7, 11) is 0. The molecular formula is C19H16F2N6. The van der Waals surface area contributed by atoms with Gasteiger partial charge in [-0.05, 0) is 30.3 Å². The highest BCUT2D eigenvalue weighted by Gasteiger charge is 2.34.